The fraction of sp³-hybridized carbons (Fsp3) is 0.545. The molecule has 0 aromatic rings. The maximum atomic E-state index is 10.1. The van der Waals surface area contributed by atoms with E-state index in [-0.39, 0.29) is 6.42 Å². The van der Waals surface area contributed by atoms with Crippen LogP contribution >= 0.6 is 0 Å². The number of aliphatic carboxylic acids is 3. The van der Waals surface area contributed by atoms with Gasteiger partial charge in [0.15, 0.2) is 0 Å². The van der Waals surface area contributed by atoms with E-state index in [0.29, 0.717) is 23.2 Å². The number of quaternary nitrogens is 1. The van der Waals surface area contributed by atoms with Gasteiger partial charge in [-0.3, -0.25) is 4.79 Å². The molecule has 110 valence electrons. The van der Waals surface area contributed by atoms with E-state index in [2.05, 4.69) is 0 Å². The minimum Gasteiger partial charge on any atom is -0.545 e. The summed E-state index contributed by atoms with van der Waals surface area (Å²) in [6.07, 6.45) is 0.0280. The molecule has 0 radical (unpaired) electrons. The van der Waals surface area contributed by atoms with Gasteiger partial charge in [-0.05, 0) is 6.08 Å². The number of aliphatic hydroxyl groups excluding tert-OH is 1. The van der Waals surface area contributed by atoms with Crippen molar-refractivity contribution in [1.29, 1.82) is 0 Å². The zero-order valence-corrected chi connectivity index (χ0v) is 11.1. The first-order valence-corrected chi connectivity index (χ1v) is 5.26. The summed E-state index contributed by atoms with van der Waals surface area (Å²) in [6, 6.07) is 0. The first-order chi connectivity index (χ1) is 8.44. The lowest BCUT2D eigenvalue weighted by atomic mass is 10.2. The molecule has 8 heteroatoms. The van der Waals surface area contributed by atoms with Gasteiger partial charge in [-0.25, -0.2) is 4.79 Å². The van der Waals surface area contributed by atoms with Crippen molar-refractivity contribution in [3.63, 3.8) is 0 Å². The van der Waals surface area contributed by atoms with Crippen molar-refractivity contribution in [2.45, 2.75) is 12.5 Å². The second-order valence-corrected chi connectivity index (χ2v) is 4.72. The molecule has 0 aromatic carbocycles. The topological polar surface area (TPSA) is 135 Å². The Morgan fingerprint density at radius 2 is 1.63 bits per heavy atom. The van der Waals surface area contributed by atoms with Gasteiger partial charge in [0, 0.05) is 6.08 Å². The predicted molar refractivity (Wildman–Crippen MR) is 62.9 cm³/mol. The Morgan fingerprint density at radius 1 is 1.16 bits per heavy atom. The van der Waals surface area contributed by atoms with Crippen LogP contribution in [0.2, 0.25) is 0 Å². The summed E-state index contributed by atoms with van der Waals surface area (Å²) in [7, 11) is 5.72. The van der Waals surface area contributed by atoms with E-state index in [1.54, 1.807) is 0 Å². The van der Waals surface area contributed by atoms with Gasteiger partial charge >= 0.3 is 11.9 Å². The Morgan fingerprint density at radius 3 is 1.84 bits per heavy atom. The smallest absolute Gasteiger partial charge is 0.328 e. The summed E-state index contributed by atoms with van der Waals surface area (Å²) >= 11 is 0. The fourth-order valence-corrected chi connectivity index (χ4v) is 1.04. The third-order valence-electron chi connectivity index (χ3n) is 1.53. The van der Waals surface area contributed by atoms with Crippen LogP contribution in [0, 0.1) is 0 Å². The van der Waals surface area contributed by atoms with Crippen LogP contribution in [0.25, 0.3) is 0 Å². The molecule has 0 aliphatic heterocycles. The third-order valence-corrected chi connectivity index (χ3v) is 1.53. The number of aliphatic hydroxyl groups is 1. The van der Waals surface area contributed by atoms with Crippen molar-refractivity contribution < 1.29 is 39.3 Å². The van der Waals surface area contributed by atoms with Crippen LogP contribution in [0.4, 0.5) is 0 Å². The fourth-order valence-electron chi connectivity index (χ4n) is 1.04. The Hall–Kier alpha value is -1.93. The van der Waals surface area contributed by atoms with Gasteiger partial charge in [-0.15, -0.1) is 0 Å². The molecule has 19 heavy (non-hydrogen) atoms. The number of likely N-dealkylation sites (N-methyl/N-ethyl adjacent to an activating group) is 1. The molecule has 0 unspecified atom stereocenters. The van der Waals surface area contributed by atoms with Gasteiger partial charge in [0.1, 0.15) is 12.6 Å². The summed E-state index contributed by atoms with van der Waals surface area (Å²) in [6.45, 7) is 0.465. The van der Waals surface area contributed by atoms with Crippen LogP contribution in [0.15, 0.2) is 12.2 Å². The molecule has 8 nitrogen and oxygen atoms in total. The standard InChI is InChI=1S/C7H15NO3.C4H4O4/c1-8(2,3)5-6(9)4-7(10)11;5-3(6)1-2-4(7)8/h6,9H,4-5H2,1-3H3;1-2H,(H,5,6)(H,7,8)/t6-;/m1./s1. The van der Waals surface area contributed by atoms with Crippen LogP contribution < -0.4 is 5.11 Å². The first kappa shape index (κ1) is 19.4. The Labute approximate surface area is 110 Å². The molecule has 0 aliphatic rings. The monoisotopic (exact) mass is 277 g/mol. The van der Waals surface area contributed by atoms with Crippen LogP contribution in [-0.2, 0) is 14.4 Å². The van der Waals surface area contributed by atoms with Crippen molar-refractivity contribution in [2.24, 2.45) is 0 Å². The number of rotatable bonds is 6. The van der Waals surface area contributed by atoms with Gasteiger partial charge in [0.05, 0.1) is 33.5 Å². The van der Waals surface area contributed by atoms with Crippen LogP contribution in [0.3, 0.4) is 0 Å². The molecule has 0 aliphatic carbocycles. The molecule has 0 aromatic heterocycles. The molecule has 0 saturated heterocycles. The van der Waals surface area contributed by atoms with Crippen molar-refractivity contribution in [3.8, 4) is 0 Å². The molecule has 1 atom stereocenters. The molecule has 0 saturated carbocycles. The number of nitrogens with zero attached hydrogens (tertiary/aromatic N) is 1. The number of carboxylic acid groups (broad SMARTS) is 3. The average molecular weight is 277 g/mol. The number of hydrogen-bond acceptors (Lipinski definition) is 5. The van der Waals surface area contributed by atoms with E-state index in [9.17, 15) is 19.5 Å². The molecule has 0 rings (SSSR count). The average Bonchev–Trinajstić information content (AvgIpc) is 2.10. The molecular formula is C11H19NO7. The summed E-state index contributed by atoms with van der Waals surface area (Å²) in [5.74, 6) is -3.76. The van der Waals surface area contributed by atoms with E-state index < -0.39 is 24.0 Å². The van der Waals surface area contributed by atoms with Gasteiger partial charge < -0.3 is 29.7 Å². The summed E-state index contributed by atoms with van der Waals surface area (Å²) in [4.78, 5) is 29.1. The van der Waals surface area contributed by atoms with E-state index in [4.69, 9.17) is 15.3 Å². The van der Waals surface area contributed by atoms with E-state index in [0.717, 1.165) is 0 Å². The zero-order valence-electron chi connectivity index (χ0n) is 11.1. The van der Waals surface area contributed by atoms with Gasteiger partial charge in [0.2, 0.25) is 0 Å². The van der Waals surface area contributed by atoms with Crippen molar-refractivity contribution in [3.05, 3.63) is 12.2 Å². The molecule has 0 spiro atoms. The largest absolute Gasteiger partial charge is 0.545 e. The molecule has 0 heterocycles. The van der Waals surface area contributed by atoms with E-state index in [1.165, 1.54) is 0 Å². The third kappa shape index (κ3) is 21.8. The molecule has 0 fully saturated rings. The lowest BCUT2D eigenvalue weighted by Crippen LogP contribution is -2.42. The first-order valence-electron chi connectivity index (χ1n) is 5.26. The van der Waals surface area contributed by atoms with Crippen LogP contribution in [-0.4, -0.2) is 71.5 Å². The number of carbonyl (C=O) groups excluding carboxylic acids is 1. The number of hydrogen-bond donors (Lipinski definition) is 3. The van der Waals surface area contributed by atoms with Gasteiger partial charge in [0.25, 0.3) is 0 Å². The Balaban J connectivity index is 0. The summed E-state index contributed by atoms with van der Waals surface area (Å²) in [5.41, 5.74) is 0. The maximum Gasteiger partial charge on any atom is 0.328 e. The van der Waals surface area contributed by atoms with Crippen molar-refractivity contribution in [2.75, 3.05) is 27.7 Å². The molecule has 3 N–H and O–H groups in total. The minimum absolute atomic E-state index is 0.171. The van der Waals surface area contributed by atoms with E-state index >= 15 is 0 Å². The number of carboxylic acids is 3. The zero-order chi connectivity index (χ0) is 15.6. The van der Waals surface area contributed by atoms with Crippen LogP contribution in [0.1, 0.15) is 6.42 Å². The highest BCUT2D eigenvalue weighted by molar-refractivity contribution is 5.88. The molecule has 0 bridgehead atoms. The molecular weight excluding hydrogens is 258 g/mol. The van der Waals surface area contributed by atoms with Crippen LogP contribution in [0.5, 0.6) is 0 Å². The SMILES string of the molecule is C[N+](C)(C)C[C@H](O)CC(=O)O.O=C([O-])C=CC(=O)O. The second kappa shape index (κ2) is 9.06. The van der Waals surface area contributed by atoms with Gasteiger partial charge in [-0.2, -0.15) is 0 Å². The quantitative estimate of drug-likeness (QED) is 0.374. The van der Waals surface area contributed by atoms with Crippen molar-refractivity contribution >= 4 is 17.9 Å². The molecule has 0 amide bonds. The highest BCUT2D eigenvalue weighted by Crippen LogP contribution is 1.98. The minimum atomic E-state index is -1.51. The Kier molecular flexibility index (Phi) is 9.26. The Bertz CT molecular complexity index is 327. The summed E-state index contributed by atoms with van der Waals surface area (Å²) in [5, 5.41) is 34.7. The second-order valence-electron chi connectivity index (χ2n) is 4.72. The highest BCUT2D eigenvalue weighted by atomic mass is 16.4. The maximum absolute atomic E-state index is 10.1. The number of carbonyl (C=O) groups is 3. The highest BCUT2D eigenvalue weighted by Gasteiger charge is 2.17. The van der Waals surface area contributed by atoms with Crippen molar-refractivity contribution in [1.82, 2.24) is 0 Å². The lowest BCUT2D eigenvalue weighted by Gasteiger charge is -2.25. The summed E-state index contributed by atoms with van der Waals surface area (Å²) < 4.78 is 0.578. The normalized spacial score (nSPS) is 12.4. The van der Waals surface area contributed by atoms with E-state index in [1.807, 2.05) is 21.1 Å². The van der Waals surface area contributed by atoms with Gasteiger partial charge in [-0.1, -0.05) is 0 Å². The lowest BCUT2D eigenvalue weighted by molar-refractivity contribution is -0.873. The predicted octanol–water partition coefficient (Wildman–Crippen LogP) is -2.09.